The highest BCUT2D eigenvalue weighted by Gasteiger charge is 2.40. The number of benzene rings is 1. The van der Waals surface area contributed by atoms with Crippen LogP contribution in [-0.4, -0.2) is 19.4 Å². The van der Waals surface area contributed by atoms with Crippen molar-refractivity contribution in [1.82, 2.24) is 0 Å². The SMILES string of the molecule is CC(C)(C(N)c1c(F)ccc(Br)c1F)S(C)(=O)=O. The molecule has 1 aromatic rings. The zero-order valence-electron chi connectivity index (χ0n) is 10.2. The molecule has 0 saturated carbocycles. The molecule has 0 saturated heterocycles. The number of rotatable bonds is 3. The molecule has 102 valence electrons. The van der Waals surface area contributed by atoms with Gasteiger partial charge in [0, 0.05) is 11.8 Å². The summed E-state index contributed by atoms with van der Waals surface area (Å²) in [6, 6.07) is 0.944. The van der Waals surface area contributed by atoms with Gasteiger partial charge in [-0.3, -0.25) is 0 Å². The molecule has 1 rings (SSSR count). The van der Waals surface area contributed by atoms with Crippen molar-refractivity contribution in [3.63, 3.8) is 0 Å². The van der Waals surface area contributed by atoms with Crippen molar-refractivity contribution in [3.8, 4) is 0 Å². The molecule has 0 aliphatic carbocycles. The summed E-state index contributed by atoms with van der Waals surface area (Å²) < 4.78 is 49.4. The minimum absolute atomic E-state index is 0.0404. The second-order valence-corrected chi connectivity index (χ2v) is 8.06. The van der Waals surface area contributed by atoms with Crippen LogP contribution in [0.2, 0.25) is 0 Å². The maximum Gasteiger partial charge on any atom is 0.154 e. The summed E-state index contributed by atoms with van der Waals surface area (Å²) in [6.07, 6.45) is 0.987. The van der Waals surface area contributed by atoms with Crippen LogP contribution in [0.25, 0.3) is 0 Å². The van der Waals surface area contributed by atoms with Crippen LogP contribution in [0.3, 0.4) is 0 Å². The van der Waals surface area contributed by atoms with E-state index >= 15 is 0 Å². The molecule has 0 heterocycles. The highest BCUT2D eigenvalue weighted by atomic mass is 79.9. The number of halogens is 3. The topological polar surface area (TPSA) is 60.2 Å². The van der Waals surface area contributed by atoms with Crippen molar-refractivity contribution >= 4 is 25.8 Å². The van der Waals surface area contributed by atoms with Crippen molar-refractivity contribution < 1.29 is 17.2 Å². The molecule has 1 unspecified atom stereocenters. The van der Waals surface area contributed by atoms with Crippen LogP contribution in [0.1, 0.15) is 25.5 Å². The largest absolute Gasteiger partial charge is 0.322 e. The summed E-state index contributed by atoms with van der Waals surface area (Å²) in [4.78, 5) is 0. The van der Waals surface area contributed by atoms with Crippen molar-refractivity contribution in [3.05, 3.63) is 33.8 Å². The Bertz CT molecular complexity index is 573. The Hall–Kier alpha value is -0.530. The molecule has 0 bridgehead atoms. The molecule has 2 N–H and O–H groups in total. The van der Waals surface area contributed by atoms with Crippen molar-refractivity contribution in [1.29, 1.82) is 0 Å². The Labute approximate surface area is 113 Å². The van der Waals surface area contributed by atoms with Gasteiger partial charge in [-0.1, -0.05) is 0 Å². The molecule has 1 atom stereocenters. The molecule has 0 aromatic heterocycles. The standard InChI is InChI=1S/C11H14BrF2NO2S/c1-11(2,18(3,16)17)10(15)8-7(13)5-4-6(12)9(8)14/h4-5,10H,15H2,1-3H3. The zero-order valence-corrected chi connectivity index (χ0v) is 12.6. The summed E-state index contributed by atoms with van der Waals surface area (Å²) in [5.41, 5.74) is 5.32. The van der Waals surface area contributed by atoms with E-state index in [1.165, 1.54) is 19.9 Å². The summed E-state index contributed by atoms with van der Waals surface area (Å²) in [6.45, 7) is 2.68. The first-order valence-corrected chi connectivity index (χ1v) is 7.77. The van der Waals surface area contributed by atoms with Crippen LogP contribution < -0.4 is 5.73 Å². The van der Waals surface area contributed by atoms with Crippen molar-refractivity contribution in [2.24, 2.45) is 5.73 Å². The minimum Gasteiger partial charge on any atom is -0.322 e. The van der Waals surface area contributed by atoms with Crippen LogP contribution in [-0.2, 0) is 9.84 Å². The lowest BCUT2D eigenvalue weighted by atomic mass is 9.95. The molecule has 0 aliphatic heterocycles. The van der Waals surface area contributed by atoms with Gasteiger partial charge in [0.2, 0.25) is 0 Å². The van der Waals surface area contributed by atoms with Gasteiger partial charge in [-0.15, -0.1) is 0 Å². The molecule has 0 amide bonds. The second-order valence-electron chi connectivity index (χ2n) is 4.61. The van der Waals surface area contributed by atoms with E-state index in [0.29, 0.717) is 0 Å². The molecule has 0 spiro atoms. The van der Waals surface area contributed by atoms with E-state index in [-0.39, 0.29) is 4.47 Å². The molecular weight excluding hydrogens is 328 g/mol. The van der Waals surface area contributed by atoms with Gasteiger partial charge in [0.25, 0.3) is 0 Å². The zero-order chi connectivity index (χ0) is 14.3. The average molecular weight is 342 g/mol. The molecule has 0 fully saturated rings. The van der Waals surface area contributed by atoms with E-state index in [0.717, 1.165) is 12.3 Å². The van der Waals surface area contributed by atoms with Gasteiger partial charge < -0.3 is 5.73 Å². The van der Waals surface area contributed by atoms with E-state index in [1.807, 2.05) is 0 Å². The Kier molecular flexibility index (Phi) is 4.19. The number of hydrogen-bond donors (Lipinski definition) is 1. The smallest absolute Gasteiger partial charge is 0.154 e. The predicted molar refractivity (Wildman–Crippen MR) is 69.9 cm³/mol. The summed E-state index contributed by atoms with van der Waals surface area (Å²) in [5.74, 6) is -1.74. The molecule has 0 aliphatic rings. The van der Waals surface area contributed by atoms with Crippen LogP contribution in [0.4, 0.5) is 8.78 Å². The van der Waals surface area contributed by atoms with E-state index in [2.05, 4.69) is 15.9 Å². The third kappa shape index (κ3) is 2.57. The first-order valence-electron chi connectivity index (χ1n) is 5.08. The molecule has 7 heteroatoms. The van der Waals surface area contributed by atoms with E-state index in [1.54, 1.807) is 0 Å². The molecular formula is C11H14BrF2NO2S. The van der Waals surface area contributed by atoms with Gasteiger partial charge >= 0.3 is 0 Å². The fraction of sp³-hybridized carbons (Fsp3) is 0.455. The van der Waals surface area contributed by atoms with Crippen LogP contribution in [0, 0.1) is 11.6 Å². The third-order valence-corrected chi connectivity index (χ3v) is 5.87. The number of hydrogen-bond acceptors (Lipinski definition) is 3. The minimum atomic E-state index is -3.57. The summed E-state index contributed by atoms with van der Waals surface area (Å²) >= 11 is 2.92. The Morgan fingerprint density at radius 1 is 1.33 bits per heavy atom. The van der Waals surface area contributed by atoms with Gasteiger partial charge in [0.05, 0.1) is 15.3 Å². The first-order chi connectivity index (χ1) is 8.00. The van der Waals surface area contributed by atoms with E-state index in [9.17, 15) is 17.2 Å². The molecule has 18 heavy (non-hydrogen) atoms. The summed E-state index contributed by atoms with van der Waals surface area (Å²) in [5, 5.41) is 0. The van der Waals surface area contributed by atoms with Gasteiger partial charge in [-0.05, 0) is 41.9 Å². The number of nitrogens with two attached hydrogens (primary N) is 1. The highest BCUT2D eigenvalue weighted by molar-refractivity contribution is 9.10. The lowest BCUT2D eigenvalue weighted by Gasteiger charge is -2.30. The fourth-order valence-electron chi connectivity index (χ4n) is 1.41. The van der Waals surface area contributed by atoms with Crippen LogP contribution >= 0.6 is 15.9 Å². The van der Waals surface area contributed by atoms with Gasteiger partial charge in [0.15, 0.2) is 9.84 Å². The maximum absolute atomic E-state index is 13.9. The van der Waals surface area contributed by atoms with Gasteiger partial charge in [-0.2, -0.15) is 0 Å². The monoisotopic (exact) mass is 341 g/mol. The van der Waals surface area contributed by atoms with Gasteiger partial charge in [-0.25, -0.2) is 17.2 Å². The highest BCUT2D eigenvalue weighted by Crippen LogP contribution is 2.35. The number of sulfone groups is 1. The van der Waals surface area contributed by atoms with Crippen molar-refractivity contribution in [2.75, 3.05) is 6.26 Å². The lowest BCUT2D eigenvalue weighted by molar-refractivity contribution is 0.454. The maximum atomic E-state index is 13.9. The molecule has 0 radical (unpaired) electrons. The molecule has 3 nitrogen and oxygen atoms in total. The van der Waals surface area contributed by atoms with Crippen molar-refractivity contribution in [2.45, 2.75) is 24.6 Å². The van der Waals surface area contributed by atoms with E-state index < -0.39 is 37.8 Å². The lowest BCUT2D eigenvalue weighted by Crippen LogP contribution is -2.43. The fourth-order valence-corrected chi connectivity index (χ4v) is 2.33. The van der Waals surface area contributed by atoms with E-state index in [4.69, 9.17) is 5.73 Å². The van der Waals surface area contributed by atoms with Crippen LogP contribution in [0.5, 0.6) is 0 Å². The second kappa shape index (κ2) is 4.86. The van der Waals surface area contributed by atoms with Gasteiger partial charge in [0.1, 0.15) is 11.6 Å². The Balaban J connectivity index is 3.45. The molecule has 1 aromatic carbocycles. The predicted octanol–water partition coefficient (Wildman–Crippen LogP) is 2.55. The van der Waals surface area contributed by atoms with Crippen LogP contribution in [0.15, 0.2) is 16.6 Å². The quantitative estimate of drug-likeness (QED) is 0.859. The Morgan fingerprint density at radius 2 is 1.83 bits per heavy atom. The summed E-state index contributed by atoms with van der Waals surface area (Å²) in [7, 11) is -3.57. The third-order valence-electron chi connectivity index (χ3n) is 3.10. The normalized spacial score (nSPS) is 14.6. The Morgan fingerprint density at radius 3 is 2.28 bits per heavy atom. The first kappa shape index (κ1) is 15.5. The average Bonchev–Trinajstić information content (AvgIpc) is 2.22.